The predicted octanol–water partition coefficient (Wildman–Crippen LogP) is 4.41. The maximum absolute atomic E-state index is 12.1. The predicted molar refractivity (Wildman–Crippen MR) is 125 cm³/mol. The largest absolute Gasteiger partial charge is 0.491 e. The summed E-state index contributed by atoms with van der Waals surface area (Å²) < 4.78 is 6.10. The first-order valence-electron chi connectivity index (χ1n) is 11.1. The van der Waals surface area contributed by atoms with Gasteiger partial charge in [0.05, 0.1) is 24.4 Å². The Morgan fingerprint density at radius 3 is 2.91 bits per heavy atom. The van der Waals surface area contributed by atoms with E-state index in [1.807, 2.05) is 12.1 Å². The number of hydrogen-bond acceptors (Lipinski definition) is 6. The van der Waals surface area contributed by atoms with Gasteiger partial charge in [-0.1, -0.05) is 49.7 Å². The van der Waals surface area contributed by atoms with Gasteiger partial charge < -0.3 is 21.1 Å². The number of hydrogen-bond donors (Lipinski definition) is 3. The summed E-state index contributed by atoms with van der Waals surface area (Å²) in [7, 11) is 0. The molecule has 0 unspecified atom stereocenters. The highest BCUT2D eigenvalue weighted by molar-refractivity contribution is 6.32. The number of amides is 1. The molecule has 2 heterocycles. The van der Waals surface area contributed by atoms with Crippen molar-refractivity contribution in [3.05, 3.63) is 47.1 Å². The van der Waals surface area contributed by atoms with E-state index in [0.29, 0.717) is 23.4 Å². The Hall–Kier alpha value is -2.80. The van der Waals surface area contributed by atoms with E-state index in [1.165, 1.54) is 5.56 Å². The molecule has 1 amide bonds. The van der Waals surface area contributed by atoms with Gasteiger partial charge in [-0.15, -0.1) is 0 Å². The molecule has 1 fully saturated rings. The molecule has 168 valence electrons. The molecule has 1 aromatic carbocycles. The SMILES string of the molecule is CC1(C)CCCOc2c(Nc3ncc(Cl)c(N[C@@H]4[C@H](C(N)=O)[C@H]5C=C[C@@H]4C5)n3)cccc21. The fourth-order valence-electron chi connectivity index (χ4n) is 5.36. The second kappa shape index (κ2) is 7.96. The molecule has 5 rings (SSSR count). The monoisotopic (exact) mass is 453 g/mol. The molecule has 0 radical (unpaired) electrons. The van der Waals surface area contributed by atoms with Crippen molar-refractivity contribution in [1.82, 2.24) is 9.97 Å². The number of allylic oxidation sites excluding steroid dienone is 1. The number of nitrogens with zero attached hydrogens (tertiary/aromatic N) is 2. The number of anilines is 3. The van der Waals surface area contributed by atoms with E-state index in [9.17, 15) is 4.79 Å². The van der Waals surface area contributed by atoms with Gasteiger partial charge in [-0.25, -0.2) is 4.98 Å². The molecular formula is C24H28ClN5O2. The lowest BCUT2D eigenvalue weighted by molar-refractivity contribution is -0.122. The Labute approximate surface area is 192 Å². The van der Waals surface area contributed by atoms with Crippen LogP contribution in [-0.2, 0) is 10.2 Å². The minimum atomic E-state index is -0.297. The van der Waals surface area contributed by atoms with Crippen LogP contribution >= 0.6 is 11.6 Å². The van der Waals surface area contributed by atoms with Crippen molar-refractivity contribution in [2.24, 2.45) is 23.5 Å². The van der Waals surface area contributed by atoms with E-state index in [-0.39, 0.29) is 35.1 Å². The third-order valence-corrected chi connectivity index (χ3v) is 7.30. The van der Waals surface area contributed by atoms with Gasteiger partial charge in [-0.2, -0.15) is 4.98 Å². The van der Waals surface area contributed by atoms with Gasteiger partial charge in [0.15, 0.2) is 5.82 Å². The van der Waals surface area contributed by atoms with Gasteiger partial charge in [0, 0.05) is 11.6 Å². The summed E-state index contributed by atoms with van der Waals surface area (Å²) in [4.78, 5) is 21.0. The molecule has 1 aliphatic heterocycles. The number of aromatic nitrogens is 2. The number of primary amides is 1. The van der Waals surface area contributed by atoms with Gasteiger partial charge in [0.2, 0.25) is 11.9 Å². The fourth-order valence-corrected chi connectivity index (χ4v) is 5.51. The van der Waals surface area contributed by atoms with Crippen molar-refractivity contribution in [1.29, 1.82) is 0 Å². The van der Waals surface area contributed by atoms with Crippen molar-refractivity contribution in [2.45, 2.75) is 44.6 Å². The number of carbonyl (C=O) groups excluding carboxylic acids is 1. The summed E-state index contributed by atoms with van der Waals surface area (Å²) in [6, 6.07) is 5.98. The Kier molecular flexibility index (Phi) is 5.24. The van der Waals surface area contributed by atoms with Crippen LogP contribution in [0, 0.1) is 17.8 Å². The zero-order valence-corrected chi connectivity index (χ0v) is 19.0. The van der Waals surface area contributed by atoms with Crippen molar-refractivity contribution in [2.75, 3.05) is 17.2 Å². The van der Waals surface area contributed by atoms with Crippen molar-refractivity contribution in [3.8, 4) is 5.75 Å². The van der Waals surface area contributed by atoms with E-state index >= 15 is 0 Å². The van der Waals surface area contributed by atoms with Crippen LogP contribution in [0.25, 0.3) is 0 Å². The molecule has 8 heteroatoms. The lowest BCUT2D eigenvalue weighted by Crippen LogP contribution is -2.41. The number of para-hydroxylation sites is 1. The number of nitrogens with two attached hydrogens (primary N) is 1. The van der Waals surface area contributed by atoms with Gasteiger partial charge in [0.25, 0.3) is 0 Å². The average Bonchev–Trinajstić information content (AvgIpc) is 3.31. The first kappa shape index (κ1) is 21.1. The van der Waals surface area contributed by atoms with E-state index in [1.54, 1.807) is 6.20 Å². The van der Waals surface area contributed by atoms with Crippen LogP contribution in [0.15, 0.2) is 36.5 Å². The summed E-state index contributed by atoms with van der Waals surface area (Å²) in [6.45, 7) is 5.16. The number of fused-ring (bicyclic) bond motifs is 3. The number of nitrogens with one attached hydrogen (secondary N) is 2. The minimum Gasteiger partial charge on any atom is -0.491 e. The van der Waals surface area contributed by atoms with Crippen LogP contribution in [-0.4, -0.2) is 28.5 Å². The van der Waals surface area contributed by atoms with E-state index in [0.717, 1.165) is 30.7 Å². The number of benzene rings is 1. The van der Waals surface area contributed by atoms with E-state index < -0.39 is 0 Å². The summed E-state index contributed by atoms with van der Waals surface area (Å²) >= 11 is 6.41. The number of ether oxygens (including phenoxy) is 1. The van der Waals surface area contributed by atoms with Crippen LogP contribution < -0.4 is 21.1 Å². The van der Waals surface area contributed by atoms with Gasteiger partial charge in [-0.3, -0.25) is 4.79 Å². The fraction of sp³-hybridized carbons (Fsp3) is 0.458. The molecule has 3 aliphatic rings. The van der Waals surface area contributed by atoms with E-state index in [2.05, 4.69) is 52.7 Å². The second-order valence-corrected chi connectivity index (χ2v) is 9.99. The molecule has 0 saturated heterocycles. The highest BCUT2D eigenvalue weighted by atomic mass is 35.5. The standard InChI is InChI=1S/C24H28ClN5O2/c1-24(2)9-4-10-32-20-15(24)5-3-6-17(20)28-23-27-12-16(25)22(30-23)29-19-14-8-7-13(11-14)18(19)21(26)31/h3,5-8,12-14,18-19H,4,9-11H2,1-2H3,(H2,26,31)(H2,27,28,29,30)/t13-,14+,18+,19-/m0/s1. The first-order valence-corrected chi connectivity index (χ1v) is 11.5. The Morgan fingerprint density at radius 1 is 1.28 bits per heavy atom. The second-order valence-electron chi connectivity index (χ2n) is 9.58. The number of carbonyl (C=O) groups is 1. The van der Waals surface area contributed by atoms with Gasteiger partial charge in [-0.05, 0) is 42.6 Å². The van der Waals surface area contributed by atoms with E-state index in [4.69, 9.17) is 22.1 Å². The summed E-state index contributed by atoms with van der Waals surface area (Å²) in [5.41, 5.74) is 7.71. The molecule has 32 heavy (non-hydrogen) atoms. The van der Waals surface area contributed by atoms with Gasteiger partial charge in [0.1, 0.15) is 10.8 Å². The van der Waals surface area contributed by atoms with Crippen molar-refractivity contribution < 1.29 is 9.53 Å². The van der Waals surface area contributed by atoms with Crippen LogP contribution in [0.5, 0.6) is 5.75 Å². The number of halogens is 1. The lowest BCUT2D eigenvalue weighted by Gasteiger charge is -2.27. The molecule has 0 spiro atoms. The highest BCUT2D eigenvalue weighted by Crippen LogP contribution is 2.45. The first-order chi connectivity index (χ1) is 15.3. The van der Waals surface area contributed by atoms with Crippen molar-refractivity contribution in [3.63, 3.8) is 0 Å². The molecule has 2 aromatic rings. The number of rotatable bonds is 5. The van der Waals surface area contributed by atoms with Crippen LogP contribution in [0.4, 0.5) is 17.5 Å². The molecule has 4 atom stereocenters. The average molecular weight is 454 g/mol. The molecule has 1 saturated carbocycles. The maximum atomic E-state index is 12.1. The van der Waals surface area contributed by atoms with Crippen LogP contribution in [0.2, 0.25) is 5.02 Å². The van der Waals surface area contributed by atoms with Crippen molar-refractivity contribution >= 4 is 35.0 Å². The highest BCUT2D eigenvalue weighted by Gasteiger charge is 2.47. The minimum absolute atomic E-state index is 0.0240. The molecule has 7 nitrogen and oxygen atoms in total. The third-order valence-electron chi connectivity index (χ3n) is 7.02. The maximum Gasteiger partial charge on any atom is 0.229 e. The Morgan fingerprint density at radius 2 is 2.09 bits per heavy atom. The smallest absolute Gasteiger partial charge is 0.229 e. The topological polar surface area (TPSA) is 102 Å². The zero-order valence-electron chi connectivity index (χ0n) is 18.3. The summed E-state index contributed by atoms with van der Waals surface area (Å²) in [5, 5.41) is 7.08. The molecule has 1 aromatic heterocycles. The molecule has 2 aliphatic carbocycles. The van der Waals surface area contributed by atoms with Crippen LogP contribution in [0.1, 0.15) is 38.7 Å². The zero-order chi connectivity index (χ0) is 22.5. The Bertz CT molecular complexity index is 1090. The van der Waals surface area contributed by atoms with Gasteiger partial charge >= 0.3 is 0 Å². The quantitative estimate of drug-likeness (QED) is 0.579. The lowest BCUT2D eigenvalue weighted by atomic mass is 9.80. The third kappa shape index (κ3) is 3.68. The summed E-state index contributed by atoms with van der Waals surface area (Å²) in [6.07, 6.45) is 8.79. The summed E-state index contributed by atoms with van der Waals surface area (Å²) in [5.74, 6) is 1.58. The molecule has 4 N–H and O–H groups in total. The molecule has 2 bridgehead atoms. The normalized spacial score (nSPS) is 27.3. The molecular weight excluding hydrogens is 426 g/mol. The Balaban J connectivity index is 1.42. The van der Waals surface area contributed by atoms with Crippen LogP contribution in [0.3, 0.4) is 0 Å².